The molecule has 0 fully saturated rings. The first-order valence-corrected chi connectivity index (χ1v) is 14.0. The molecule has 5 aromatic rings. The van der Waals surface area contributed by atoms with Gasteiger partial charge in [-0.2, -0.15) is 5.10 Å². The second kappa shape index (κ2) is 12.7. The lowest BCUT2D eigenvalue weighted by molar-refractivity contribution is 0.0923. The minimum Gasteiger partial charge on any atom is -0.493 e. The van der Waals surface area contributed by atoms with Crippen molar-refractivity contribution in [3.63, 3.8) is 0 Å². The van der Waals surface area contributed by atoms with Crippen LogP contribution in [0.5, 0.6) is 28.7 Å². The number of aryl methyl sites for hydroxylation is 2. The smallest absolute Gasteiger partial charge is 0.307 e. The van der Waals surface area contributed by atoms with Gasteiger partial charge in [0, 0.05) is 22.6 Å². The number of nitrogens with zero attached hydrogens (tertiary/aromatic N) is 2. The van der Waals surface area contributed by atoms with Crippen molar-refractivity contribution in [1.82, 2.24) is 9.99 Å². The third-order valence-electron chi connectivity index (χ3n) is 7.05. The Bertz CT molecular complexity index is 1780. The number of benzene rings is 3. The Kier molecular flexibility index (Phi) is 8.22. The Morgan fingerprint density at radius 2 is 1.70 bits per heavy atom. The molecule has 3 aromatic carbocycles. The highest BCUT2D eigenvalue weighted by Crippen LogP contribution is 2.34. The van der Waals surface area contributed by atoms with Crippen LogP contribution in [0.1, 0.15) is 38.8 Å². The lowest BCUT2D eigenvalue weighted by Gasteiger charge is -2.13. The molecule has 1 amide bonds. The molecule has 3 heterocycles. The largest absolute Gasteiger partial charge is 0.493 e. The first kappa shape index (κ1) is 28.5. The van der Waals surface area contributed by atoms with Gasteiger partial charge < -0.3 is 32.7 Å². The van der Waals surface area contributed by atoms with Crippen molar-refractivity contribution < 1.29 is 32.9 Å². The van der Waals surface area contributed by atoms with Gasteiger partial charge in [0.25, 0.3) is 0 Å². The number of nitrogens with one attached hydrogen (secondary N) is 1. The molecule has 10 heteroatoms. The van der Waals surface area contributed by atoms with E-state index < -0.39 is 5.91 Å². The summed E-state index contributed by atoms with van der Waals surface area (Å²) in [6, 6.07) is 26.3. The SMILES string of the molecule is COc1cccc(C=NNC(=O)c2ccc(COc3ccc(-n4c(C)ccc4C)cc3)o2)c1OCc1ccc2c(c1)OCO2. The van der Waals surface area contributed by atoms with Crippen molar-refractivity contribution >= 4 is 12.1 Å². The van der Waals surface area contributed by atoms with Gasteiger partial charge in [-0.15, -0.1) is 0 Å². The van der Waals surface area contributed by atoms with Crippen LogP contribution in [-0.4, -0.2) is 30.6 Å². The van der Waals surface area contributed by atoms with E-state index in [2.05, 4.69) is 41.1 Å². The third kappa shape index (κ3) is 6.24. The maximum atomic E-state index is 12.7. The number of hydrogen-bond acceptors (Lipinski definition) is 8. The van der Waals surface area contributed by atoms with Crippen LogP contribution in [-0.2, 0) is 13.2 Å². The van der Waals surface area contributed by atoms with Crippen molar-refractivity contribution in [2.45, 2.75) is 27.1 Å². The molecule has 0 spiro atoms. The monoisotopic (exact) mass is 593 g/mol. The van der Waals surface area contributed by atoms with E-state index >= 15 is 0 Å². The summed E-state index contributed by atoms with van der Waals surface area (Å²) in [5.74, 6) is 3.20. The molecule has 0 saturated carbocycles. The molecular formula is C34H31N3O7. The number of methoxy groups -OCH3 is 1. The predicted molar refractivity (Wildman–Crippen MR) is 163 cm³/mol. The average Bonchev–Trinajstić information content (AvgIpc) is 3.79. The summed E-state index contributed by atoms with van der Waals surface area (Å²) < 4.78 is 36.1. The van der Waals surface area contributed by atoms with E-state index in [1.54, 1.807) is 25.3 Å². The first-order chi connectivity index (χ1) is 21.5. The minimum absolute atomic E-state index is 0.111. The van der Waals surface area contributed by atoms with Crippen LogP contribution in [0.4, 0.5) is 0 Å². The fourth-order valence-electron chi connectivity index (χ4n) is 4.85. The number of carbonyl (C=O) groups excluding carboxylic acids is 1. The molecule has 0 unspecified atom stereocenters. The predicted octanol–water partition coefficient (Wildman–Crippen LogP) is 6.35. The highest BCUT2D eigenvalue weighted by atomic mass is 16.7. The van der Waals surface area contributed by atoms with Crippen LogP contribution in [0.2, 0.25) is 0 Å². The molecule has 224 valence electrons. The van der Waals surface area contributed by atoms with E-state index in [-0.39, 0.29) is 25.8 Å². The van der Waals surface area contributed by atoms with Gasteiger partial charge in [-0.3, -0.25) is 4.79 Å². The topological polar surface area (TPSA) is 106 Å². The molecule has 2 aromatic heterocycles. The lowest BCUT2D eigenvalue weighted by Crippen LogP contribution is -2.17. The summed E-state index contributed by atoms with van der Waals surface area (Å²) in [5, 5.41) is 4.11. The van der Waals surface area contributed by atoms with Crippen LogP contribution in [0.25, 0.3) is 5.69 Å². The summed E-state index contributed by atoms with van der Waals surface area (Å²) in [7, 11) is 1.56. The van der Waals surface area contributed by atoms with Crippen molar-refractivity contribution in [3.8, 4) is 34.4 Å². The van der Waals surface area contributed by atoms with E-state index in [4.69, 9.17) is 28.1 Å². The Morgan fingerprint density at radius 1 is 0.909 bits per heavy atom. The second-order valence-corrected chi connectivity index (χ2v) is 10.1. The van der Waals surface area contributed by atoms with Gasteiger partial charge in [-0.05, 0) is 92.2 Å². The van der Waals surface area contributed by atoms with E-state index in [9.17, 15) is 4.79 Å². The summed E-state index contributed by atoms with van der Waals surface area (Å²) in [6.07, 6.45) is 1.49. The van der Waals surface area contributed by atoms with Gasteiger partial charge in [0.15, 0.2) is 28.8 Å². The number of aromatic nitrogens is 1. The van der Waals surface area contributed by atoms with E-state index in [0.717, 1.165) is 22.6 Å². The van der Waals surface area contributed by atoms with Gasteiger partial charge in [0.2, 0.25) is 6.79 Å². The van der Waals surface area contributed by atoms with E-state index in [0.29, 0.717) is 40.1 Å². The van der Waals surface area contributed by atoms with Crippen LogP contribution in [0, 0.1) is 13.8 Å². The number of ether oxygens (including phenoxy) is 5. The minimum atomic E-state index is -0.500. The van der Waals surface area contributed by atoms with Gasteiger partial charge in [-0.1, -0.05) is 12.1 Å². The van der Waals surface area contributed by atoms with Crippen LogP contribution >= 0.6 is 0 Å². The summed E-state index contributed by atoms with van der Waals surface area (Å²) >= 11 is 0. The van der Waals surface area contributed by atoms with Crippen molar-refractivity contribution in [2.75, 3.05) is 13.9 Å². The maximum Gasteiger partial charge on any atom is 0.307 e. The summed E-state index contributed by atoms with van der Waals surface area (Å²) in [4.78, 5) is 12.7. The van der Waals surface area contributed by atoms with Gasteiger partial charge in [-0.25, -0.2) is 5.43 Å². The number of para-hydroxylation sites is 1. The highest BCUT2D eigenvalue weighted by molar-refractivity contribution is 5.93. The number of rotatable bonds is 11. The lowest BCUT2D eigenvalue weighted by atomic mass is 10.2. The molecule has 1 aliphatic heterocycles. The standard InChI is InChI=1S/C34H31N3O7/c1-22-7-8-23(2)37(22)26-10-12-27(13-11-26)40-20-28-14-16-31(44-28)34(38)36-35-18-25-5-4-6-30(39-3)33(25)41-19-24-9-15-29-32(17-24)43-21-42-29/h4-18H,19-21H2,1-3H3,(H,36,38). The van der Waals surface area contributed by atoms with Crippen molar-refractivity contribution in [2.24, 2.45) is 5.10 Å². The summed E-state index contributed by atoms with van der Waals surface area (Å²) in [5.41, 5.74) is 7.40. The Labute approximate surface area is 254 Å². The van der Waals surface area contributed by atoms with Gasteiger partial charge in [0.05, 0.1) is 13.3 Å². The fraction of sp³-hybridized carbons (Fsp3) is 0.176. The zero-order valence-electron chi connectivity index (χ0n) is 24.5. The molecule has 10 nitrogen and oxygen atoms in total. The van der Waals surface area contributed by atoms with E-state index in [1.165, 1.54) is 6.21 Å². The number of amides is 1. The maximum absolute atomic E-state index is 12.7. The molecule has 0 aliphatic carbocycles. The molecule has 0 radical (unpaired) electrons. The Hall–Kier alpha value is -5.64. The molecule has 1 aliphatic rings. The molecule has 0 bridgehead atoms. The van der Waals surface area contributed by atoms with Crippen LogP contribution in [0.15, 0.2) is 94.4 Å². The van der Waals surface area contributed by atoms with Crippen molar-refractivity contribution in [1.29, 1.82) is 0 Å². The fourth-order valence-corrected chi connectivity index (χ4v) is 4.85. The Balaban J connectivity index is 1.04. The van der Waals surface area contributed by atoms with Gasteiger partial charge in [0.1, 0.15) is 24.7 Å². The molecule has 0 saturated heterocycles. The normalized spacial score (nSPS) is 12.0. The quantitative estimate of drug-likeness (QED) is 0.141. The second-order valence-electron chi connectivity index (χ2n) is 10.1. The zero-order valence-corrected chi connectivity index (χ0v) is 24.5. The van der Waals surface area contributed by atoms with Crippen LogP contribution < -0.4 is 29.1 Å². The summed E-state index contributed by atoms with van der Waals surface area (Å²) in [6.45, 7) is 4.78. The molecule has 44 heavy (non-hydrogen) atoms. The third-order valence-corrected chi connectivity index (χ3v) is 7.05. The first-order valence-electron chi connectivity index (χ1n) is 14.0. The molecule has 1 N–H and O–H groups in total. The number of hydrazone groups is 1. The average molecular weight is 594 g/mol. The highest BCUT2D eigenvalue weighted by Gasteiger charge is 2.16. The number of fused-ring (bicyclic) bond motifs is 1. The number of hydrogen-bond donors (Lipinski definition) is 1. The van der Waals surface area contributed by atoms with E-state index in [1.807, 2.05) is 54.6 Å². The van der Waals surface area contributed by atoms with Crippen LogP contribution in [0.3, 0.4) is 0 Å². The van der Waals surface area contributed by atoms with Gasteiger partial charge >= 0.3 is 5.91 Å². The molecule has 0 atom stereocenters. The van der Waals surface area contributed by atoms with Crippen molar-refractivity contribution in [3.05, 3.63) is 119 Å². The Morgan fingerprint density at radius 3 is 2.50 bits per heavy atom. The number of furan rings is 1. The zero-order chi connectivity index (χ0) is 30.5. The number of carbonyl (C=O) groups is 1. The molecular weight excluding hydrogens is 562 g/mol. The molecule has 6 rings (SSSR count).